The zero-order valence-electron chi connectivity index (χ0n) is 27.7. The molecule has 0 aliphatic heterocycles. The molecular weight excluding hydrogens is 514 g/mol. The summed E-state index contributed by atoms with van der Waals surface area (Å²) in [6.07, 6.45) is 27.9. The highest BCUT2D eigenvalue weighted by molar-refractivity contribution is 5.66. The molecule has 0 bridgehead atoms. The van der Waals surface area contributed by atoms with Crippen molar-refractivity contribution in [2.45, 2.75) is 187 Å². The maximum Gasteiger partial charge on any atom is 0.303 e. The van der Waals surface area contributed by atoms with Gasteiger partial charge in [0, 0.05) is 32.2 Å². The molecule has 0 aliphatic carbocycles. The number of hydrogen-bond donors (Lipinski definition) is 2. The molecule has 0 spiro atoms. The van der Waals surface area contributed by atoms with Crippen LogP contribution in [0, 0.1) is 0 Å². The summed E-state index contributed by atoms with van der Waals surface area (Å²) < 4.78 is 12.3. The van der Waals surface area contributed by atoms with E-state index in [2.05, 4.69) is 25.7 Å². The highest BCUT2D eigenvalue weighted by Crippen LogP contribution is 2.16. The molecule has 0 rings (SSSR count). The van der Waals surface area contributed by atoms with Crippen LogP contribution in [0.4, 0.5) is 0 Å². The Balaban J connectivity index is 3.99. The Kier molecular flexibility index (Phi) is 31.7. The third-order valence-electron chi connectivity index (χ3n) is 8.26. The van der Waals surface area contributed by atoms with Gasteiger partial charge in [-0.1, -0.05) is 117 Å². The summed E-state index contributed by atoms with van der Waals surface area (Å²) in [5.74, 6) is -0.692. The molecule has 1 unspecified atom stereocenters. The summed E-state index contributed by atoms with van der Waals surface area (Å²) >= 11 is 0. The van der Waals surface area contributed by atoms with Gasteiger partial charge in [-0.25, -0.2) is 0 Å². The quantitative estimate of drug-likeness (QED) is 0.0578. The first-order chi connectivity index (χ1) is 20.0. The number of hydrogen-bond acceptors (Lipinski definition) is 5. The van der Waals surface area contributed by atoms with Gasteiger partial charge in [0.1, 0.15) is 0 Å². The van der Waals surface area contributed by atoms with E-state index in [9.17, 15) is 9.90 Å². The van der Waals surface area contributed by atoms with Crippen molar-refractivity contribution in [3.63, 3.8) is 0 Å². The number of carbonyl (C=O) groups is 1. The average Bonchev–Trinajstić information content (AvgIpc) is 2.96. The molecular formula is C35H71NO5. The van der Waals surface area contributed by atoms with Crippen molar-refractivity contribution >= 4 is 5.97 Å². The highest BCUT2D eigenvalue weighted by Gasteiger charge is 2.13. The number of aliphatic hydroxyl groups excluding tert-OH is 1. The summed E-state index contributed by atoms with van der Waals surface area (Å²) in [5.41, 5.74) is 0. The van der Waals surface area contributed by atoms with Crippen LogP contribution in [-0.4, -0.2) is 66.3 Å². The van der Waals surface area contributed by atoms with Crippen LogP contribution in [-0.2, 0) is 14.3 Å². The van der Waals surface area contributed by atoms with Crippen molar-refractivity contribution in [2.75, 3.05) is 32.9 Å². The summed E-state index contributed by atoms with van der Waals surface area (Å²) in [4.78, 5) is 13.1. The van der Waals surface area contributed by atoms with E-state index in [0.29, 0.717) is 6.04 Å². The predicted octanol–water partition coefficient (Wildman–Crippen LogP) is 9.52. The third kappa shape index (κ3) is 29.2. The van der Waals surface area contributed by atoms with Crippen LogP contribution in [0.15, 0.2) is 0 Å². The predicted molar refractivity (Wildman–Crippen MR) is 174 cm³/mol. The Morgan fingerprint density at radius 2 is 1.07 bits per heavy atom. The first-order valence-corrected chi connectivity index (χ1v) is 17.8. The molecule has 41 heavy (non-hydrogen) atoms. The van der Waals surface area contributed by atoms with Crippen LogP contribution in [0.1, 0.15) is 175 Å². The Hall–Kier alpha value is -0.690. The maximum absolute atomic E-state index is 10.6. The van der Waals surface area contributed by atoms with Gasteiger partial charge in [-0.15, -0.1) is 0 Å². The van der Waals surface area contributed by atoms with Crippen molar-refractivity contribution in [1.29, 1.82) is 0 Å². The van der Waals surface area contributed by atoms with Crippen LogP contribution in [0.25, 0.3) is 0 Å². The normalized spacial score (nSPS) is 12.5. The molecule has 1 atom stereocenters. The Labute approximate surface area is 255 Å². The lowest BCUT2D eigenvalue weighted by atomic mass is 10.0. The summed E-state index contributed by atoms with van der Waals surface area (Å²) in [7, 11) is 0. The topological polar surface area (TPSA) is 79.2 Å². The third-order valence-corrected chi connectivity index (χ3v) is 8.26. The summed E-state index contributed by atoms with van der Waals surface area (Å²) in [5, 5.41) is 18.3. The Morgan fingerprint density at radius 3 is 1.61 bits per heavy atom. The standard InChI is InChI=1S/C35H71NO5/c1-4-6-8-17-23-31-40-35(41-32-24-18-9-7-5-2)27-21-13-11-10-12-16-22-28-36(29-30-37)33(3)25-19-14-15-20-26-34(38)39/h33,35,37H,4-32H2,1-3H3,(H,38,39). The molecule has 0 aliphatic rings. The van der Waals surface area contributed by atoms with Crippen molar-refractivity contribution in [3.05, 3.63) is 0 Å². The number of carboxylic acids is 1. The number of nitrogens with zero attached hydrogens (tertiary/aromatic N) is 1. The Bertz CT molecular complexity index is 517. The number of aliphatic carboxylic acids is 1. The molecule has 0 fully saturated rings. The number of rotatable bonds is 34. The Morgan fingerprint density at radius 1 is 0.610 bits per heavy atom. The van der Waals surface area contributed by atoms with E-state index in [1.54, 1.807) is 0 Å². The summed E-state index contributed by atoms with van der Waals surface area (Å²) in [6.45, 7) is 10.5. The number of ether oxygens (including phenoxy) is 2. The molecule has 0 aromatic heterocycles. The number of carboxylic acid groups (broad SMARTS) is 1. The van der Waals surface area contributed by atoms with Crippen LogP contribution in [0.5, 0.6) is 0 Å². The first-order valence-electron chi connectivity index (χ1n) is 17.8. The molecule has 0 amide bonds. The van der Waals surface area contributed by atoms with E-state index in [0.717, 1.165) is 77.7 Å². The zero-order chi connectivity index (χ0) is 30.2. The number of aliphatic hydroxyl groups is 1. The SMILES string of the molecule is CCCCCCCOC(CCCCCCCCCN(CCO)C(C)CCCCCCC(=O)O)OCCCCCCC. The zero-order valence-corrected chi connectivity index (χ0v) is 27.7. The van der Waals surface area contributed by atoms with E-state index in [4.69, 9.17) is 14.6 Å². The fourth-order valence-electron chi connectivity index (χ4n) is 5.50. The van der Waals surface area contributed by atoms with Gasteiger partial charge in [0.15, 0.2) is 6.29 Å². The van der Waals surface area contributed by atoms with Gasteiger partial charge in [-0.2, -0.15) is 0 Å². The molecule has 0 aromatic rings. The molecule has 246 valence electrons. The maximum atomic E-state index is 10.6. The van der Waals surface area contributed by atoms with Gasteiger partial charge < -0.3 is 19.7 Å². The van der Waals surface area contributed by atoms with Crippen molar-refractivity contribution < 1.29 is 24.5 Å². The molecule has 0 saturated carbocycles. The summed E-state index contributed by atoms with van der Waals surface area (Å²) in [6, 6.07) is 0.478. The molecule has 0 saturated heterocycles. The molecule has 0 heterocycles. The van der Waals surface area contributed by atoms with Gasteiger partial charge in [0.2, 0.25) is 0 Å². The van der Waals surface area contributed by atoms with Crippen molar-refractivity contribution in [2.24, 2.45) is 0 Å². The minimum absolute atomic E-state index is 0.0170. The van der Waals surface area contributed by atoms with Crippen LogP contribution in [0.2, 0.25) is 0 Å². The fourth-order valence-corrected chi connectivity index (χ4v) is 5.50. The molecule has 0 aromatic carbocycles. The van der Waals surface area contributed by atoms with Crippen LogP contribution >= 0.6 is 0 Å². The van der Waals surface area contributed by atoms with Crippen LogP contribution in [0.3, 0.4) is 0 Å². The highest BCUT2D eigenvalue weighted by atomic mass is 16.7. The second-order valence-corrected chi connectivity index (χ2v) is 12.2. The molecule has 2 N–H and O–H groups in total. The number of unbranched alkanes of at least 4 members (excludes halogenated alkanes) is 17. The van der Waals surface area contributed by atoms with Crippen molar-refractivity contribution in [1.82, 2.24) is 4.90 Å². The molecule has 6 heteroatoms. The van der Waals surface area contributed by atoms with E-state index < -0.39 is 5.97 Å². The molecule has 6 nitrogen and oxygen atoms in total. The van der Waals surface area contributed by atoms with Gasteiger partial charge >= 0.3 is 5.97 Å². The smallest absolute Gasteiger partial charge is 0.303 e. The van der Waals surface area contributed by atoms with E-state index in [1.165, 1.54) is 96.3 Å². The van der Waals surface area contributed by atoms with E-state index in [1.807, 2.05) is 0 Å². The minimum Gasteiger partial charge on any atom is -0.481 e. The van der Waals surface area contributed by atoms with Gasteiger partial charge in [-0.05, 0) is 58.4 Å². The van der Waals surface area contributed by atoms with Crippen molar-refractivity contribution in [3.8, 4) is 0 Å². The second kappa shape index (κ2) is 32.2. The van der Waals surface area contributed by atoms with E-state index in [-0.39, 0.29) is 19.3 Å². The monoisotopic (exact) mass is 586 g/mol. The fraction of sp³-hybridized carbons (Fsp3) is 0.971. The molecule has 0 radical (unpaired) electrons. The van der Waals surface area contributed by atoms with Gasteiger partial charge in [0.05, 0.1) is 6.61 Å². The van der Waals surface area contributed by atoms with E-state index >= 15 is 0 Å². The lowest BCUT2D eigenvalue weighted by Gasteiger charge is -2.28. The lowest BCUT2D eigenvalue weighted by Crippen LogP contribution is -2.36. The minimum atomic E-state index is -0.692. The van der Waals surface area contributed by atoms with Crippen LogP contribution < -0.4 is 0 Å². The van der Waals surface area contributed by atoms with Gasteiger partial charge in [0.25, 0.3) is 0 Å². The average molecular weight is 586 g/mol. The second-order valence-electron chi connectivity index (χ2n) is 12.2. The van der Waals surface area contributed by atoms with Gasteiger partial charge in [-0.3, -0.25) is 9.69 Å². The largest absolute Gasteiger partial charge is 0.481 e. The first kappa shape index (κ1) is 40.3. The lowest BCUT2D eigenvalue weighted by molar-refractivity contribution is -0.148.